The molecule has 0 aromatic heterocycles. The van der Waals surface area contributed by atoms with Crippen LogP contribution in [-0.4, -0.2) is 42.2 Å². The van der Waals surface area contributed by atoms with Crippen molar-refractivity contribution in [2.24, 2.45) is 0 Å². The third kappa shape index (κ3) is 9.08. The van der Waals surface area contributed by atoms with Gasteiger partial charge < -0.3 is 14.7 Å². The summed E-state index contributed by atoms with van der Waals surface area (Å²) < 4.78 is 4.92. The Hall–Kier alpha value is -1.55. The maximum absolute atomic E-state index is 10.1. The van der Waals surface area contributed by atoms with Crippen molar-refractivity contribution >= 4 is 5.97 Å². The summed E-state index contributed by atoms with van der Waals surface area (Å²) in [6.07, 6.45) is 0. The molecule has 0 aliphatic carbocycles. The van der Waals surface area contributed by atoms with E-state index >= 15 is 0 Å². The minimum Gasteiger partial charge on any atom is -0.482 e. The number of nitrogens with zero attached hydrogens (tertiary/aromatic N) is 1. The van der Waals surface area contributed by atoms with Gasteiger partial charge in [0, 0.05) is 0 Å². The van der Waals surface area contributed by atoms with Crippen LogP contribution in [0.25, 0.3) is 0 Å². The highest BCUT2D eigenvalue weighted by Crippen LogP contribution is 2.10. The first-order valence-electron chi connectivity index (χ1n) is 6.67. The minimum atomic E-state index is -0.962. The van der Waals surface area contributed by atoms with E-state index < -0.39 is 5.97 Å². The molecule has 4 nitrogen and oxygen atoms in total. The van der Waals surface area contributed by atoms with Crippen LogP contribution in [0.5, 0.6) is 5.75 Å². The quantitative estimate of drug-likeness (QED) is 0.861. The molecule has 0 heterocycles. The van der Waals surface area contributed by atoms with Gasteiger partial charge in [-0.05, 0) is 38.7 Å². The first-order chi connectivity index (χ1) is 9.03. The maximum atomic E-state index is 10.1. The van der Waals surface area contributed by atoms with E-state index in [1.807, 2.05) is 19.1 Å². The molecule has 1 rings (SSSR count). The Morgan fingerprint density at radius 2 is 1.58 bits per heavy atom. The molecule has 0 fully saturated rings. The lowest BCUT2D eigenvalue weighted by atomic mass is 10.2. The first-order valence-corrected chi connectivity index (χ1v) is 6.67. The van der Waals surface area contributed by atoms with Gasteiger partial charge in [0.05, 0.1) is 0 Å². The molecule has 0 spiro atoms. The van der Waals surface area contributed by atoms with Crippen molar-refractivity contribution in [1.29, 1.82) is 0 Å². The summed E-state index contributed by atoms with van der Waals surface area (Å²) in [5.41, 5.74) is 1.12. The summed E-state index contributed by atoms with van der Waals surface area (Å²) in [6.45, 7) is 11.8. The third-order valence-corrected chi connectivity index (χ3v) is 2.72. The van der Waals surface area contributed by atoms with Crippen LogP contribution in [0.3, 0.4) is 0 Å². The molecule has 0 aliphatic rings. The molecule has 108 valence electrons. The van der Waals surface area contributed by atoms with Crippen LogP contribution in [-0.2, 0) is 4.79 Å². The maximum Gasteiger partial charge on any atom is 0.341 e. The number of aliphatic carboxylic acids is 1. The van der Waals surface area contributed by atoms with E-state index in [0.717, 1.165) is 5.56 Å². The van der Waals surface area contributed by atoms with Crippen molar-refractivity contribution < 1.29 is 14.6 Å². The number of benzene rings is 1. The lowest BCUT2D eigenvalue weighted by molar-refractivity contribution is -0.139. The largest absolute Gasteiger partial charge is 0.482 e. The molecule has 0 aliphatic heterocycles. The molecule has 0 bridgehead atoms. The van der Waals surface area contributed by atoms with Gasteiger partial charge in [0.25, 0.3) is 0 Å². The highest BCUT2D eigenvalue weighted by molar-refractivity contribution is 5.68. The topological polar surface area (TPSA) is 49.8 Å². The lowest BCUT2D eigenvalue weighted by Gasteiger charge is -2.13. The number of carbonyl (C=O) groups is 1. The standard InChI is InChI=1S/C9H10O3.C6H15N/c1-7-2-4-8(5-3-7)12-6-9(10)11;1-4-7(5-2)6-3/h2-5H,6H2,1H3,(H,10,11);4-6H2,1-3H3. The highest BCUT2D eigenvalue weighted by atomic mass is 16.5. The predicted molar refractivity (Wildman–Crippen MR) is 77.8 cm³/mol. The van der Waals surface area contributed by atoms with Gasteiger partial charge in [-0.25, -0.2) is 4.79 Å². The van der Waals surface area contributed by atoms with Gasteiger partial charge in [-0.1, -0.05) is 38.5 Å². The monoisotopic (exact) mass is 267 g/mol. The number of carboxylic acid groups (broad SMARTS) is 1. The number of carboxylic acids is 1. The van der Waals surface area contributed by atoms with Crippen LogP contribution in [0.1, 0.15) is 26.3 Å². The van der Waals surface area contributed by atoms with Crippen LogP contribution >= 0.6 is 0 Å². The van der Waals surface area contributed by atoms with Gasteiger partial charge in [0.1, 0.15) is 5.75 Å². The van der Waals surface area contributed by atoms with Crippen molar-refractivity contribution in [2.75, 3.05) is 26.2 Å². The summed E-state index contributed by atoms with van der Waals surface area (Å²) in [4.78, 5) is 12.5. The van der Waals surface area contributed by atoms with E-state index in [9.17, 15) is 4.79 Å². The second-order valence-corrected chi connectivity index (χ2v) is 4.11. The Labute approximate surface area is 116 Å². The molecule has 0 atom stereocenters. The Morgan fingerprint density at radius 1 is 1.11 bits per heavy atom. The van der Waals surface area contributed by atoms with Crippen molar-refractivity contribution in [3.8, 4) is 5.75 Å². The summed E-state index contributed by atoms with van der Waals surface area (Å²) in [5.74, 6) is -0.376. The van der Waals surface area contributed by atoms with E-state index in [-0.39, 0.29) is 6.61 Å². The zero-order valence-electron chi connectivity index (χ0n) is 12.3. The Kier molecular flexibility index (Phi) is 9.53. The summed E-state index contributed by atoms with van der Waals surface area (Å²) in [5, 5.41) is 8.30. The Bertz CT molecular complexity index is 339. The number of ether oxygens (including phenoxy) is 1. The van der Waals surface area contributed by atoms with Gasteiger partial charge in [0.15, 0.2) is 6.61 Å². The van der Waals surface area contributed by atoms with Gasteiger partial charge in [-0.2, -0.15) is 0 Å². The Balaban J connectivity index is 0.000000399. The number of hydrogen-bond donors (Lipinski definition) is 1. The molecular weight excluding hydrogens is 242 g/mol. The fourth-order valence-corrected chi connectivity index (χ4v) is 1.45. The van der Waals surface area contributed by atoms with Crippen LogP contribution in [0.15, 0.2) is 24.3 Å². The van der Waals surface area contributed by atoms with E-state index in [0.29, 0.717) is 5.75 Å². The minimum absolute atomic E-state index is 0.289. The van der Waals surface area contributed by atoms with Gasteiger partial charge in [-0.15, -0.1) is 0 Å². The van der Waals surface area contributed by atoms with Crippen molar-refractivity contribution in [2.45, 2.75) is 27.7 Å². The second kappa shape index (κ2) is 10.4. The molecule has 0 amide bonds. The third-order valence-electron chi connectivity index (χ3n) is 2.72. The highest BCUT2D eigenvalue weighted by Gasteiger charge is 1.97. The number of aryl methyl sites for hydroxylation is 1. The van der Waals surface area contributed by atoms with E-state index in [1.54, 1.807) is 12.1 Å². The van der Waals surface area contributed by atoms with Crippen molar-refractivity contribution in [1.82, 2.24) is 4.90 Å². The fraction of sp³-hybridized carbons (Fsp3) is 0.533. The molecule has 0 radical (unpaired) electrons. The summed E-state index contributed by atoms with van der Waals surface area (Å²) in [6, 6.07) is 7.24. The van der Waals surface area contributed by atoms with Gasteiger partial charge >= 0.3 is 5.97 Å². The molecular formula is C15H25NO3. The molecule has 19 heavy (non-hydrogen) atoms. The average molecular weight is 267 g/mol. The summed E-state index contributed by atoms with van der Waals surface area (Å²) in [7, 11) is 0. The second-order valence-electron chi connectivity index (χ2n) is 4.11. The lowest BCUT2D eigenvalue weighted by Crippen LogP contribution is -2.21. The predicted octanol–water partition coefficient (Wildman–Crippen LogP) is 2.81. The zero-order valence-corrected chi connectivity index (χ0v) is 12.3. The Morgan fingerprint density at radius 3 is 1.89 bits per heavy atom. The summed E-state index contributed by atoms with van der Waals surface area (Å²) >= 11 is 0. The average Bonchev–Trinajstić information content (AvgIpc) is 2.41. The first kappa shape index (κ1) is 17.4. The van der Waals surface area contributed by atoms with E-state index in [4.69, 9.17) is 9.84 Å². The normalized spacial score (nSPS) is 9.74. The molecule has 0 saturated carbocycles. The van der Waals surface area contributed by atoms with E-state index in [2.05, 4.69) is 25.7 Å². The molecule has 4 heteroatoms. The van der Waals surface area contributed by atoms with Crippen molar-refractivity contribution in [3.63, 3.8) is 0 Å². The number of rotatable bonds is 6. The number of hydrogen-bond acceptors (Lipinski definition) is 3. The fourth-order valence-electron chi connectivity index (χ4n) is 1.45. The van der Waals surface area contributed by atoms with E-state index in [1.165, 1.54) is 19.6 Å². The molecule has 1 aromatic rings. The van der Waals surface area contributed by atoms with Crippen LogP contribution in [0, 0.1) is 6.92 Å². The molecule has 0 saturated heterocycles. The molecule has 1 N–H and O–H groups in total. The SMILES string of the molecule is CCN(CC)CC.Cc1ccc(OCC(=O)O)cc1. The smallest absolute Gasteiger partial charge is 0.341 e. The van der Waals surface area contributed by atoms with Crippen molar-refractivity contribution in [3.05, 3.63) is 29.8 Å². The van der Waals surface area contributed by atoms with Crippen LogP contribution in [0.2, 0.25) is 0 Å². The van der Waals surface area contributed by atoms with Crippen LogP contribution < -0.4 is 4.74 Å². The van der Waals surface area contributed by atoms with Gasteiger partial charge in [0.2, 0.25) is 0 Å². The van der Waals surface area contributed by atoms with Crippen LogP contribution in [0.4, 0.5) is 0 Å². The molecule has 0 unspecified atom stereocenters. The van der Waals surface area contributed by atoms with Gasteiger partial charge in [-0.3, -0.25) is 0 Å². The molecule has 1 aromatic carbocycles. The zero-order chi connectivity index (χ0) is 14.7.